The lowest BCUT2D eigenvalue weighted by Crippen LogP contribution is -2.04. The summed E-state index contributed by atoms with van der Waals surface area (Å²) in [6, 6.07) is 8.16. The van der Waals surface area contributed by atoms with E-state index in [0.717, 1.165) is 29.7 Å². The van der Waals surface area contributed by atoms with Crippen LogP contribution in [0.15, 0.2) is 28.7 Å². The zero-order valence-corrected chi connectivity index (χ0v) is 9.30. The van der Waals surface area contributed by atoms with Gasteiger partial charge in [0.1, 0.15) is 0 Å². The van der Waals surface area contributed by atoms with Gasteiger partial charge in [0, 0.05) is 30.4 Å². The maximum Gasteiger partial charge on any atom is 0.0479 e. The first kappa shape index (κ1) is 10.5. The Morgan fingerprint density at radius 1 is 1.31 bits per heavy atom. The van der Waals surface area contributed by atoms with Crippen molar-refractivity contribution in [2.24, 2.45) is 0 Å². The summed E-state index contributed by atoms with van der Waals surface area (Å²) in [6.07, 6.45) is 1.03. The fraction of sp³-hybridized carbons (Fsp3) is 0.400. The van der Waals surface area contributed by atoms with E-state index >= 15 is 0 Å². The third kappa shape index (κ3) is 4.29. The minimum atomic E-state index is 0.809. The first-order chi connectivity index (χ1) is 6.33. The van der Waals surface area contributed by atoms with Gasteiger partial charge in [0.2, 0.25) is 0 Å². The molecular weight excluding hydrogens is 230 g/mol. The molecule has 0 radical (unpaired) electrons. The number of anilines is 1. The van der Waals surface area contributed by atoms with Crippen molar-refractivity contribution in [2.45, 2.75) is 6.42 Å². The SMILES string of the molecule is COCCCNc1ccc(Br)cc1. The average Bonchev–Trinajstić information content (AvgIpc) is 2.15. The Balaban J connectivity index is 2.25. The van der Waals surface area contributed by atoms with Crippen LogP contribution in [-0.4, -0.2) is 20.3 Å². The molecule has 0 fully saturated rings. The number of hydrogen-bond donors (Lipinski definition) is 1. The van der Waals surface area contributed by atoms with E-state index in [9.17, 15) is 0 Å². The molecule has 0 aliphatic carbocycles. The van der Waals surface area contributed by atoms with E-state index in [1.807, 2.05) is 12.1 Å². The molecule has 0 unspecified atom stereocenters. The predicted octanol–water partition coefficient (Wildman–Crippen LogP) is 2.90. The highest BCUT2D eigenvalue weighted by Gasteiger charge is 1.90. The van der Waals surface area contributed by atoms with Crippen LogP contribution in [0.3, 0.4) is 0 Å². The molecule has 13 heavy (non-hydrogen) atoms. The van der Waals surface area contributed by atoms with Gasteiger partial charge in [-0.05, 0) is 30.7 Å². The third-order valence-electron chi connectivity index (χ3n) is 1.70. The van der Waals surface area contributed by atoms with Crippen molar-refractivity contribution in [1.29, 1.82) is 0 Å². The van der Waals surface area contributed by atoms with Crippen molar-refractivity contribution in [3.05, 3.63) is 28.7 Å². The summed E-state index contributed by atoms with van der Waals surface area (Å²) in [6.45, 7) is 1.76. The summed E-state index contributed by atoms with van der Waals surface area (Å²) in [5.74, 6) is 0. The molecule has 0 aliphatic heterocycles. The molecule has 0 bridgehead atoms. The first-order valence-corrected chi connectivity index (χ1v) is 5.10. The Kier molecular flexibility index (Phi) is 4.86. The van der Waals surface area contributed by atoms with E-state index in [-0.39, 0.29) is 0 Å². The third-order valence-corrected chi connectivity index (χ3v) is 2.23. The molecule has 1 aromatic rings. The summed E-state index contributed by atoms with van der Waals surface area (Å²) in [5.41, 5.74) is 1.15. The van der Waals surface area contributed by atoms with E-state index in [0.29, 0.717) is 0 Å². The second-order valence-corrected chi connectivity index (χ2v) is 3.70. The Bertz CT molecular complexity index is 235. The number of benzene rings is 1. The molecule has 0 saturated carbocycles. The highest BCUT2D eigenvalue weighted by molar-refractivity contribution is 9.10. The number of rotatable bonds is 5. The molecule has 72 valence electrons. The Hall–Kier alpha value is -0.540. The zero-order chi connectivity index (χ0) is 9.52. The summed E-state index contributed by atoms with van der Waals surface area (Å²) >= 11 is 3.39. The van der Waals surface area contributed by atoms with Crippen LogP contribution in [0.25, 0.3) is 0 Å². The maximum absolute atomic E-state index is 4.95. The predicted molar refractivity (Wildman–Crippen MR) is 59.1 cm³/mol. The van der Waals surface area contributed by atoms with E-state index in [1.165, 1.54) is 0 Å². The number of methoxy groups -OCH3 is 1. The number of halogens is 1. The molecule has 0 amide bonds. The normalized spacial score (nSPS) is 10.0. The van der Waals surface area contributed by atoms with Crippen LogP contribution in [0.1, 0.15) is 6.42 Å². The van der Waals surface area contributed by atoms with Gasteiger partial charge in [0.05, 0.1) is 0 Å². The lowest BCUT2D eigenvalue weighted by Gasteiger charge is -2.05. The van der Waals surface area contributed by atoms with Gasteiger partial charge in [-0.15, -0.1) is 0 Å². The lowest BCUT2D eigenvalue weighted by molar-refractivity contribution is 0.198. The molecule has 0 aromatic heterocycles. The van der Waals surface area contributed by atoms with E-state index in [4.69, 9.17) is 4.74 Å². The van der Waals surface area contributed by atoms with Crippen molar-refractivity contribution in [1.82, 2.24) is 0 Å². The number of nitrogens with one attached hydrogen (secondary N) is 1. The highest BCUT2D eigenvalue weighted by atomic mass is 79.9. The topological polar surface area (TPSA) is 21.3 Å². The van der Waals surface area contributed by atoms with Gasteiger partial charge in [-0.3, -0.25) is 0 Å². The Morgan fingerprint density at radius 2 is 2.00 bits per heavy atom. The summed E-state index contributed by atoms with van der Waals surface area (Å²) < 4.78 is 6.06. The van der Waals surface area contributed by atoms with Gasteiger partial charge in [0.15, 0.2) is 0 Å². The molecular formula is C10H14BrNO. The maximum atomic E-state index is 4.95. The van der Waals surface area contributed by atoms with Gasteiger partial charge in [-0.25, -0.2) is 0 Å². The van der Waals surface area contributed by atoms with Gasteiger partial charge in [-0.1, -0.05) is 15.9 Å². The van der Waals surface area contributed by atoms with Crippen molar-refractivity contribution in [3.8, 4) is 0 Å². The monoisotopic (exact) mass is 243 g/mol. The largest absolute Gasteiger partial charge is 0.385 e. The van der Waals surface area contributed by atoms with Crippen LogP contribution in [0.5, 0.6) is 0 Å². The van der Waals surface area contributed by atoms with Crippen molar-refractivity contribution in [2.75, 3.05) is 25.6 Å². The van der Waals surface area contributed by atoms with Crippen LogP contribution >= 0.6 is 15.9 Å². The van der Waals surface area contributed by atoms with Crippen LogP contribution in [0.4, 0.5) is 5.69 Å². The number of hydrogen-bond acceptors (Lipinski definition) is 2. The fourth-order valence-electron chi connectivity index (χ4n) is 1.02. The lowest BCUT2D eigenvalue weighted by atomic mass is 10.3. The summed E-state index contributed by atoms with van der Waals surface area (Å²) in [7, 11) is 1.72. The molecule has 0 atom stereocenters. The summed E-state index contributed by atoms with van der Waals surface area (Å²) in [5, 5.41) is 3.31. The fourth-order valence-corrected chi connectivity index (χ4v) is 1.28. The standard InChI is InChI=1S/C10H14BrNO/c1-13-8-2-7-12-10-5-3-9(11)4-6-10/h3-6,12H,2,7-8H2,1H3. The molecule has 3 heteroatoms. The van der Waals surface area contributed by atoms with Gasteiger partial charge in [-0.2, -0.15) is 0 Å². The zero-order valence-electron chi connectivity index (χ0n) is 7.72. The van der Waals surface area contributed by atoms with Crippen LogP contribution in [-0.2, 0) is 4.74 Å². The Morgan fingerprint density at radius 3 is 2.62 bits per heavy atom. The molecule has 0 heterocycles. The molecule has 2 nitrogen and oxygen atoms in total. The second-order valence-electron chi connectivity index (χ2n) is 2.78. The second kappa shape index (κ2) is 6.00. The molecule has 0 spiro atoms. The highest BCUT2D eigenvalue weighted by Crippen LogP contribution is 2.13. The average molecular weight is 244 g/mol. The molecule has 1 aromatic carbocycles. The minimum Gasteiger partial charge on any atom is -0.385 e. The van der Waals surface area contributed by atoms with E-state index < -0.39 is 0 Å². The van der Waals surface area contributed by atoms with E-state index in [1.54, 1.807) is 7.11 Å². The molecule has 0 saturated heterocycles. The quantitative estimate of drug-likeness (QED) is 0.804. The summed E-state index contributed by atoms with van der Waals surface area (Å²) in [4.78, 5) is 0. The molecule has 0 aliphatic rings. The van der Waals surface area contributed by atoms with Crippen LogP contribution < -0.4 is 5.32 Å². The minimum absolute atomic E-state index is 0.809. The number of ether oxygens (including phenoxy) is 1. The smallest absolute Gasteiger partial charge is 0.0479 e. The van der Waals surface area contributed by atoms with Crippen LogP contribution in [0.2, 0.25) is 0 Å². The first-order valence-electron chi connectivity index (χ1n) is 4.31. The Labute approximate surface area is 87.4 Å². The van der Waals surface area contributed by atoms with Crippen LogP contribution in [0, 0.1) is 0 Å². The van der Waals surface area contributed by atoms with Gasteiger partial charge in [0.25, 0.3) is 0 Å². The van der Waals surface area contributed by atoms with Crippen molar-refractivity contribution < 1.29 is 4.74 Å². The molecule has 1 rings (SSSR count). The van der Waals surface area contributed by atoms with Crippen molar-refractivity contribution >= 4 is 21.6 Å². The van der Waals surface area contributed by atoms with Gasteiger partial charge < -0.3 is 10.1 Å². The van der Waals surface area contributed by atoms with Crippen molar-refractivity contribution in [3.63, 3.8) is 0 Å². The van der Waals surface area contributed by atoms with E-state index in [2.05, 4.69) is 33.4 Å². The molecule has 1 N–H and O–H groups in total. The van der Waals surface area contributed by atoms with Gasteiger partial charge >= 0.3 is 0 Å².